The van der Waals surface area contributed by atoms with Gasteiger partial charge in [-0.05, 0) is 37.1 Å². The number of anilines is 1. The molecule has 7 heteroatoms. The van der Waals surface area contributed by atoms with Crippen LogP contribution in [0.1, 0.15) is 11.1 Å². The summed E-state index contributed by atoms with van der Waals surface area (Å²) in [5.74, 6) is -0.512. The maximum absolute atomic E-state index is 12.8. The van der Waals surface area contributed by atoms with Crippen molar-refractivity contribution in [2.24, 2.45) is 0 Å². The van der Waals surface area contributed by atoms with Crippen LogP contribution >= 0.6 is 0 Å². The number of nitro benzene ring substituents is 1. The third-order valence-electron chi connectivity index (χ3n) is 3.59. The van der Waals surface area contributed by atoms with Crippen LogP contribution in [0.25, 0.3) is 0 Å². The smallest absolute Gasteiger partial charge is 0.274 e. The maximum atomic E-state index is 12.8. The van der Waals surface area contributed by atoms with Crippen molar-refractivity contribution in [1.82, 2.24) is 5.32 Å². The minimum absolute atomic E-state index is 0.0108. The number of amides is 1. The molecule has 0 aromatic heterocycles. The highest BCUT2D eigenvalue weighted by molar-refractivity contribution is 5.81. The standard InChI is InChI=1S/C17H18FN3O3/c1-12-15(3-2-4-16(12)21(23)24)20-11-17(22)19-10-9-13-5-7-14(18)8-6-13/h2-8,20H,9-11H2,1H3,(H,19,22). The Morgan fingerprint density at radius 1 is 1.21 bits per heavy atom. The Hall–Kier alpha value is -2.96. The molecule has 1 amide bonds. The third-order valence-corrected chi connectivity index (χ3v) is 3.59. The molecule has 6 nitrogen and oxygen atoms in total. The van der Waals surface area contributed by atoms with Gasteiger partial charge in [0.05, 0.1) is 11.5 Å². The van der Waals surface area contributed by atoms with Gasteiger partial charge in [-0.25, -0.2) is 4.39 Å². The summed E-state index contributed by atoms with van der Waals surface area (Å²) in [6.45, 7) is 2.08. The number of hydrogen-bond donors (Lipinski definition) is 2. The Morgan fingerprint density at radius 2 is 1.92 bits per heavy atom. The lowest BCUT2D eigenvalue weighted by Crippen LogP contribution is -2.31. The molecular weight excluding hydrogens is 313 g/mol. The molecule has 126 valence electrons. The summed E-state index contributed by atoms with van der Waals surface area (Å²) < 4.78 is 12.8. The van der Waals surface area contributed by atoms with Gasteiger partial charge in [-0.1, -0.05) is 18.2 Å². The van der Waals surface area contributed by atoms with Crippen LogP contribution in [0.15, 0.2) is 42.5 Å². The van der Waals surface area contributed by atoms with Gasteiger partial charge in [-0.3, -0.25) is 14.9 Å². The predicted octanol–water partition coefficient (Wildman–Crippen LogP) is 2.81. The van der Waals surface area contributed by atoms with Gasteiger partial charge in [0.2, 0.25) is 5.91 Å². The predicted molar refractivity (Wildman–Crippen MR) is 89.4 cm³/mol. The molecule has 2 N–H and O–H groups in total. The second-order valence-corrected chi connectivity index (χ2v) is 5.29. The molecule has 0 saturated carbocycles. The molecular formula is C17H18FN3O3. The fourth-order valence-electron chi connectivity index (χ4n) is 2.25. The van der Waals surface area contributed by atoms with E-state index < -0.39 is 4.92 Å². The highest BCUT2D eigenvalue weighted by atomic mass is 19.1. The number of benzene rings is 2. The molecule has 0 fully saturated rings. The van der Waals surface area contributed by atoms with E-state index in [1.54, 1.807) is 31.2 Å². The molecule has 24 heavy (non-hydrogen) atoms. The molecule has 0 aliphatic heterocycles. The monoisotopic (exact) mass is 331 g/mol. The van der Waals surface area contributed by atoms with Gasteiger partial charge in [-0.15, -0.1) is 0 Å². The van der Waals surface area contributed by atoms with Gasteiger partial charge in [0, 0.05) is 23.9 Å². The molecule has 0 aliphatic rings. The van der Waals surface area contributed by atoms with Crippen molar-refractivity contribution in [3.63, 3.8) is 0 Å². The Bertz CT molecular complexity index is 732. The number of rotatable bonds is 7. The molecule has 0 aliphatic carbocycles. The number of nitro groups is 1. The second kappa shape index (κ2) is 8.05. The summed E-state index contributed by atoms with van der Waals surface area (Å²) in [6.07, 6.45) is 0.599. The van der Waals surface area contributed by atoms with Crippen molar-refractivity contribution < 1.29 is 14.1 Å². The van der Waals surface area contributed by atoms with Gasteiger partial charge >= 0.3 is 0 Å². The molecule has 0 saturated heterocycles. The fourth-order valence-corrected chi connectivity index (χ4v) is 2.25. The van der Waals surface area contributed by atoms with Crippen LogP contribution in [0.2, 0.25) is 0 Å². The van der Waals surface area contributed by atoms with Gasteiger partial charge in [-0.2, -0.15) is 0 Å². The van der Waals surface area contributed by atoms with Crippen molar-refractivity contribution in [1.29, 1.82) is 0 Å². The van der Waals surface area contributed by atoms with E-state index in [4.69, 9.17) is 0 Å². The molecule has 0 heterocycles. The molecule has 2 aromatic rings. The van der Waals surface area contributed by atoms with Crippen molar-refractivity contribution in [2.45, 2.75) is 13.3 Å². The van der Waals surface area contributed by atoms with Crippen LogP contribution in [0.4, 0.5) is 15.8 Å². The highest BCUT2D eigenvalue weighted by Crippen LogP contribution is 2.24. The van der Waals surface area contributed by atoms with E-state index in [-0.39, 0.29) is 24.0 Å². The Kier molecular flexibility index (Phi) is 5.83. The zero-order valence-electron chi connectivity index (χ0n) is 13.2. The van der Waals surface area contributed by atoms with Crippen LogP contribution < -0.4 is 10.6 Å². The quantitative estimate of drug-likeness (QED) is 0.603. The Labute approximate surface area is 138 Å². The minimum Gasteiger partial charge on any atom is -0.376 e. The van der Waals surface area contributed by atoms with E-state index in [0.29, 0.717) is 24.2 Å². The lowest BCUT2D eigenvalue weighted by molar-refractivity contribution is -0.385. The highest BCUT2D eigenvalue weighted by Gasteiger charge is 2.13. The normalized spacial score (nSPS) is 10.2. The SMILES string of the molecule is Cc1c(NCC(=O)NCCc2ccc(F)cc2)cccc1[N+](=O)[O-]. The summed E-state index contributed by atoms with van der Waals surface area (Å²) in [6, 6.07) is 10.8. The van der Waals surface area contributed by atoms with Crippen molar-refractivity contribution in [3.05, 3.63) is 69.5 Å². The molecule has 0 bridgehead atoms. The van der Waals surface area contributed by atoms with Gasteiger partial charge in [0.1, 0.15) is 5.82 Å². The van der Waals surface area contributed by atoms with Crippen LogP contribution in [-0.2, 0) is 11.2 Å². The molecule has 0 unspecified atom stereocenters. The lowest BCUT2D eigenvalue weighted by atomic mass is 10.1. The summed E-state index contributed by atoms with van der Waals surface area (Å²) in [7, 11) is 0. The van der Waals surface area contributed by atoms with E-state index in [9.17, 15) is 19.3 Å². The number of hydrogen-bond acceptors (Lipinski definition) is 4. The third kappa shape index (κ3) is 4.77. The molecule has 0 atom stereocenters. The van der Waals surface area contributed by atoms with E-state index in [0.717, 1.165) is 5.56 Å². The first-order chi connectivity index (χ1) is 11.5. The Balaban J connectivity index is 1.80. The van der Waals surface area contributed by atoms with Gasteiger partial charge < -0.3 is 10.6 Å². The number of nitrogens with one attached hydrogen (secondary N) is 2. The summed E-state index contributed by atoms with van der Waals surface area (Å²) in [5.41, 5.74) is 1.98. The van der Waals surface area contributed by atoms with E-state index in [1.165, 1.54) is 18.2 Å². The average molecular weight is 331 g/mol. The lowest BCUT2D eigenvalue weighted by Gasteiger charge is -2.10. The van der Waals surface area contributed by atoms with E-state index >= 15 is 0 Å². The van der Waals surface area contributed by atoms with Gasteiger partial charge in [0.25, 0.3) is 5.69 Å². The largest absolute Gasteiger partial charge is 0.376 e. The maximum Gasteiger partial charge on any atom is 0.274 e. The molecule has 2 aromatic carbocycles. The first-order valence-electron chi connectivity index (χ1n) is 7.46. The number of carbonyl (C=O) groups excluding carboxylic acids is 1. The van der Waals surface area contributed by atoms with Crippen molar-refractivity contribution in [2.75, 3.05) is 18.4 Å². The first-order valence-corrected chi connectivity index (χ1v) is 7.46. The first kappa shape index (κ1) is 17.4. The molecule has 0 spiro atoms. The topological polar surface area (TPSA) is 84.3 Å². The minimum atomic E-state index is -0.455. The number of halogens is 1. The zero-order valence-corrected chi connectivity index (χ0v) is 13.2. The summed E-state index contributed by atoms with van der Waals surface area (Å²) in [4.78, 5) is 22.3. The summed E-state index contributed by atoms with van der Waals surface area (Å²) in [5, 5.41) is 16.5. The summed E-state index contributed by atoms with van der Waals surface area (Å²) >= 11 is 0. The second-order valence-electron chi connectivity index (χ2n) is 5.29. The average Bonchev–Trinajstić information content (AvgIpc) is 2.55. The van der Waals surface area contributed by atoms with Crippen molar-refractivity contribution >= 4 is 17.3 Å². The molecule has 2 rings (SSSR count). The Morgan fingerprint density at radius 3 is 2.58 bits per heavy atom. The number of carbonyl (C=O) groups is 1. The van der Waals surface area contributed by atoms with E-state index in [2.05, 4.69) is 10.6 Å². The number of nitrogens with zero attached hydrogens (tertiary/aromatic N) is 1. The van der Waals surface area contributed by atoms with Crippen LogP contribution in [0, 0.1) is 22.9 Å². The van der Waals surface area contributed by atoms with Crippen LogP contribution in [0.3, 0.4) is 0 Å². The van der Waals surface area contributed by atoms with Crippen LogP contribution in [0.5, 0.6) is 0 Å². The van der Waals surface area contributed by atoms with Crippen molar-refractivity contribution in [3.8, 4) is 0 Å². The molecule has 0 radical (unpaired) electrons. The van der Waals surface area contributed by atoms with Crippen LogP contribution in [-0.4, -0.2) is 23.9 Å². The fraction of sp³-hybridized carbons (Fsp3) is 0.235. The van der Waals surface area contributed by atoms with Gasteiger partial charge in [0.15, 0.2) is 0 Å². The van der Waals surface area contributed by atoms with E-state index in [1.807, 2.05) is 0 Å². The zero-order chi connectivity index (χ0) is 17.5.